The Bertz CT molecular complexity index is 1310. The number of carbonyl (C=O) groups is 1. The number of anilines is 3. The molecule has 1 amide bonds. The van der Waals surface area contributed by atoms with E-state index in [-0.39, 0.29) is 5.91 Å². The second kappa shape index (κ2) is 10.2. The van der Waals surface area contributed by atoms with Crippen molar-refractivity contribution < 1.29 is 9.53 Å². The summed E-state index contributed by atoms with van der Waals surface area (Å²) in [4.78, 5) is 30.4. The third-order valence-corrected chi connectivity index (χ3v) is 5.80. The standard InChI is InChI=1S/C27H26N6O2/c1-20-11-12-28-24(17-20)31-25-18-26(30-19-29-25)32-13-15-33(16-14-32)27(34)22-9-5-6-10-23(22)35-21-7-3-2-4-8-21/h2-12,17-19H,13-16H2,1H3,(H,28,29,30,31). The van der Waals surface area contributed by atoms with E-state index in [4.69, 9.17) is 4.74 Å². The number of hydrogen-bond donors (Lipinski definition) is 1. The molecule has 0 spiro atoms. The average Bonchev–Trinajstić information content (AvgIpc) is 2.90. The van der Waals surface area contributed by atoms with E-state index in [9.17, 15) is 4.79 Å². The van der Waals surface area contributed by atoms with Crippen LogP contribution in [0.15, 0.2) is 85.3 Å². The molecule has 1 fully saturated rings. The molecule has 8 heteroatoms. The fourth-order valence-electron chi connectivity index (χ4n) is 3.98. The lowest BCUT2D eigenvalue weighted by atomic mass is 10.1. The minimum absolute atomic E-state index is 0.0354. The lowest BCUT2D eigenvalue weighted by Crippen LogP contribution is -2.49. The summed E-state index contributed by atoms with van der Waals surface area (Å²) in [7, 11) is 0. The number of carbonyl (C=O) groups excluding carboxylic acids is 1. The molecule has 1 saturated heterocycles. The number of amides is 1. The van der Waals surface area contributed by atoms with Crippen molar-refractivity contribution in [2.75, 3.05) is 36.4 Å². The molecular weight excluding hydrogens is 440 g/mol. The molecular formula is C27H26N6O2. The molecule has 5 rings (SSSR count). The smallest absolute Gasteiger partial charge is 0.257 e. The Hall–Kier alpha value is -4.46. The largest absolute Gasteiger partial charge is 0.457 e. The molecule has 0 radical (unpaired) electrons. The highest BCUT2D eigenvalue weighted by Crippen LogP contribution is 2.27. The molecule has 8 nitrogen and oxygen atoms in total. The van der Waals surface area contributed by atoms with Gasteiger partial charge >= 0.3 is 0 Å². The van der Waals surface area contributed by atoms with Gasteiger partial charge in [0.05, 0.1) is 5.56 Å². The lowest BCUT2D eigenvalue weighted by molar-refractivity contribution is 0.0744. The van der Waals surface area contributed by atoms with E-state index >= 15 is 0 Å². The normalized spacial score (nSPS) is 13.4. The van der Waals surface area contributed by atoms with E-state index in [1.54, 1.807) is 12.5 Å². The first-order valence-corrected chi connectivity index (χ1v) is 11.5. The van der Waals surface area contributed by atoms with E-state index in [0.717, 1.165) is 17.2 Å². The van der Waals surface area contributed by atoms with Crippen LogP contribution >= 0.6 is 0 Å². The summed E-state index contributed by atoms with van der Waals surface area (Å²) in [5, 5.41) is 3.23. The van der Waals surface area contributed by atoms with E-state index < -0.39 is 0 Å². The third-order valence-electron chi connectivity index (χ3n) is 5.80. The van der Waals surface area contributed by atoms with Crippen molar-refractivity contribution in [2.24, 2.45) is 0 Å². The molecule has 2 aromatic carbocycles. The minimum atomic E-state index is -0.0354. The van der Waals surface area contributed by atoms with Gasteiger partial charge in [0.25, 0.3) is 5.91 Å². The van der Waals surface area contributed by atoms with Crippen LogP contribution in [0.3, 0.4) is 0 Å². The minimum Gasteiger partial charge on any atom is -0.457 e. The van der Waals surface area contributed by atoms with Crippen LogP contribution < -0.4 is 15.0 Å². The van der Waals surface area contributed by atoms with Crippen LogP contribution in [0.5, 0.6) is 11.5 Å². The van der Waals surface area contributed by atoms with Crippen molar-refractivity contribution in [3.05, 3.63) is 96.4 Å². The van der Waals surface area contributed by atoms with Gasteiger partial charge in [0.2, 0.25) is 0 Å². The third kappa shape index (κ3) is 5.38. The Morgan fingerprint density at radius 2 is 1.60 bits per heavy atom. The second-order valence-corrected chi connectivity index (χ2v) is 8.30. The number of nitrogens with one attached hydrogen (secondary N) is 1. The molecule has 1 N–H and O–H groups in total. The topological polar surface area (TPSA) is 83.5 Å². The number of hydrogen-bond acceptors (Lipinski definition) is 7. The number of pyridine rings is 1. The van der Waals surface area contributed by atoms with Gasteiger partial charge in [-0.3, -0.25) is 4.79 Å². The van der Waals surface area contributed by atoms with Gasteiger partial charge in [-0.05, 0) is 48.9 Å². The predicted octanol–water partition coefficient (Wildman–Crippen LogP) is 4.68. The lowest BCUT2D eigenvalue weighted by Gasteiger charge is -2.35. The monoisotopic (exact) mass is 466 g/mol. The fourth-order valence-corrected chi connectivity index (χ4v) is 3.98. The molecule has 2 aromatic heterocycles. The molecule has 0 saturated carbocycles. The van der Waals surface area contributed by atoms with Gasteiger partial charge in [-0.2, -0.15) is 0 Å². The van der Waals surface area contributed by atoms with Crippen LogP contribution in [0.1, 0.15) is 15.9 Å². The van der Waals surface area contributed by atoms with Crippen LogP contribution in [0.2, 0.25) is 0 Å². The summed E-state index contributed by atoms with van der Waals surface area (Å²) in [6, 6.07) is 22.7. The number of ether oxygens (including phenoxy) is 1. The first-order chi connectivity index (χ1) is 17.2. The van der Waals surface area contributed by atoms with Gasteiger partial charge in [-0.15, -0.1) is 0 Å². The van der Waals surface area contributed by atoms with Crippen molar-refractivity contribution in [2.45, 2.75) is 6.92 Å². The first-order valence-electron chi connectivity index (χ1n) is 11.5. The van der Waals surface area contributed by atoms with Crippen molar-refractivity contribution >= 4 is 23.4 Å². The SMILES string of the molecule is Cc1ccnc(Nc2cc(N3CCN(C(=O)c4ccccc4Oc4ccccc4)CC3)ncn2)c1. The van der Waals surface area contributed by atoms with Gasteiger partial charge in [0.15, 0.2) is 0 Å². The zero-order valence-electron chi connectivity index (χ0n) is 19.5. The molecule has 0 bridgehead atoms. The second-order valence-electron chi connectivity index (χ2n) is 8.30. The number of benzene rings is 2. The average molecular weight is 467 g/mol. The van der Waals surface area contributed by atoms with Crippen molar-refractivity contribution in [1.82, 2.24) is 19.9 Å². The summed E-state index contributed by atoms with van der Waals surface area (Å²) in [6.45, 7) is 4.54. The Morgan fingerprint density at radius 3 is 2.40 bits per heavy atom. The number of nitrogens with zero attached hydrogens (tertiary/aromatic N) is 5. The summed E-state index contributed by atoms with van der Waals surface area (Å²) >= 11 is 0. The maximum absolute atomic E-state index is 13.3. The maximum atomic E-state index is 13.3. The number of piperazine rings is 1. The number of aromatic nitrogens is 3. The molecule has 0 unspecified atom stereocenters. The summed E-state index contributed by atoms with van der Waals surface area (Å²) in [5.74, 6) is 3.45. The van der Waals surface area contributed by atoms with Crippen LogP contribution in [0, 0.1) is 6.92 Å². The Kier molecular flexibility index (Phi) is 6.52. The number of para-hydroxylation sites is 2. The van der Waals surface area contributed by atoms with Gasteiger partial charge in [-0.25, -0.2) is 15.0 Å². The Labute approximate surface area is 204 Å². The Morgan fingerprint density at radius 1 is 0.857 bits per heavy atom. The molecule has 1 aliphatic rings. The van der Waals surface area contributed by atoms with Gasteiger partial charge in [0.1, 0.15) is 35.3 Å². The van der Waals surface area contributed by atoms with Crippen molar-refractivity contribution in [3.8, 4) is 11.5 Å². The highest BCUT2D eigenvalue weighted by atomic mass is 16.5. The molecule has 3 heterocycles. The van der Waals surface area contributed by atoms with E-state index in [2.05, 4.69) is 25.2 Å². The maximum Gasteiger partial charge on any atom is 0.257 e. The fraction of sp³-hybridized carbons (Fsp3) is 0.185. The van der Waals surface area contributed by atoms with Crippen LogP contribution in [-0.2, 0) is 0 Å². The molecule has 0 atom stereocenters. The molecule has 0 aliphatic carbocycles. The highest BCUT2D eigenvalue weighted by Gasteiger charge is 2.25. The summed E-state index contributed by atoms with van der Waals surface area (Å²) in [6.07, 6.45) is 3.31. The van der Waals surface area contributed by atoms with Crippen LogP contribution in [0.25, 0.3) is 0 Å². The number of aryl methyl sites for hydroxylation is 1. The zero-order chi connectivity index (χ0) is 24.0. The summed E-state index contributed by atoms with van der Waals surface area (Å²) < 4.78 is 5.99. The first kappa shape index (κ1) is 22.3. The van der Waals surface area contributed by atoms with Crippen molar-refractivity contribution in [3.63, 3.8) is 0 Å². The van der Waals surface area contributed by atoms with E-state index in [1.165, 1.54) is 0 Å². The summed E-state index contributed by atoms with van der Waals surface area (Å²) in [5.41, 5.74) is 1.68. The van der Waals surface area contributed by atoms with Gasteiger partial charge in [0, 0.05) is 38.4 Å². The van der Waals surface area contributed by atoms with E-state index in [0.29, 0.717) is 49.1 Å². The van der Waals surface area contributed by atoms with Crippen LogP contribution in [0.4, 0.5) is 17.5 Å². The molecule has 176 valence electrons. The van der Waals surface area contributed by atoms with Gasteiger partial charge in [-0.1, -0.05) is 30.3 Å². The van der Waals surface area contributed by atoms with E-state index in [1.807, 2.05) is 84.6 Å². The number of rotatable bonds is 6. The molecule has 4 aromatic rings. The zero-order valence-corrected chi connectivity index (χ0v) is 19.5. The van der Waals surface area contributed by atoms with Crippen molar-refractivity contribution in [1.29, 1.82) is 0 Å². The highest BCUT2D eigenvalue weighted by molar-refractivity contribution is 5.97. The quantitative estimate of drug-likeness (QED) is 0.442. The predicted molar refractivity (Wildman–Crippen MR) is 135 cm³/mol. The Balaban J connectivity index is 1.24. The molecule has 35 heavy (non-hydrogen) atoms. The van der Waals surface area contributed by atoms with Crippen LogP contribution in [-0.4, -0.2) is 51.9 Å². The van der Waals surface area contributed by atoms with Gasteiger partial charge < -0.3 is 19.9 Å². The molecule has 1 aliphatic heterocycles.